The van der Waals surface area contributed by atoms with Crippen LogP contribution in [0.4, 0.5) is 0 Å². The summed E-state index contributed by atoms with van der Waals surface area (Å²) in [6.07, 6.45) is 4.50. The Hall–Kier alpha value is -3.12. The number of nitrogens with two attached hydrogens (primary N) is 1. The monoisotopic (exact) mass is 408 g/mol. The lowest BCUT2D eigenvalue weighted by molar-refractivity contribution is -0.682. The number of carbonyl (C=O) groups is 2. The summed E-state index contributed by atoms with van der Waals surface area (Å²) in [6.45, 7) is 3.15. The van der Waals surface area contributed by atoms with Crippen LogP contribution in [0.15, 0.2) is 54.7 Å². The van der Waals surface area contributed by atoms with Crippen LogP contribution in [0.25, 0.3) is 10.9 Å². The van der Waals surface area contributed by atoms with Crippen molar-refractivity contribution < 1.29 is 24.7 Å². The van der Waals surface area contributed by atoms with E-state index in [9.17, 15) is 14.7 Å². The first kappa shape index (κ1) is 21.6. The summed E-state index contributed by atoms with van der Waals surface area (Å²) in [5.41, 5.74) is 2.51. The number of carboxylic acids is 1. The van der Waals surface area contributed by atoms with Gasteiger partial charge in [0, 0.05) is 29.1 Å². The molecular weight excluding hydrogens is 380 g/mol. The zero-order chi connectivity index (χ0) is 21.3. The van der Waals surface area contributed by atoms with Crippen LogP contribution < -0.4 is 15.2 Å². The third-order valence-electron chi connectivity index (χ3n) is 5.18. The average Bonchev–Trinajstić information content (AvgIpc) is 3.16. The lowest BCUT2D eigenvalue weighted by Crippen LogP contribution is -2.93. The molecule has 0 aliphatic heterocycles. The van der Waals surface area contributed by atoms with E-state index in [1.165, 1.54) is 0 Å². The molecule has 2 aromatic carbocycles. The maximum Gasteiger partial charge on any atom is 0.168 e. The number of benzene rings is 2. The van der Waals surface area contributed by atoms with Crippen molar-refractivity contribution in [3.63, 3.8) is 0 Å². The Morgan fingerprint density at radius 3 is 2.63 bits per heavy atom. The summed E-state index contributed by atoms with van der Waals surface area (Å²) in [6, 6.07) is 14.1. The van der Waals surface area contributed by atoms with E-state index in [-0.39, 0.29) is 12.2 Å². The van der Waals surface area contributed by atoms with Crippen LogP contribution in [0.5, 0.6) is 5.75 Å². The van der Waals surface area contributed by atoms with Crippen molar-refractivity contribution >= 4 is 22.7 Å². The fourth-order valence-corrected chi connectivity index (χ4v) is 3.43. The number of carbonyl (C=O) groups excluding carboxylic acids is 2. The second kappa shape index (κ2) is 10.6. The van der Waals surface area contributed by atoms with Crippen LogP contribution in [0.1, 0.15) is 42.1 Å². The van der Waals surface area contributed by atoms with Gasteiger partial charge < -0.3 is 24.9 Å². The Labute approximate surface area is 176 Å². The Morgan fingerprint density at radius 2 is 1.90 bits per heavy atom. The maximum atomic E-state index is 12.4. The molecular formula is C24H28N2O4. The topological polar surface area (TPSA) is 98.8 Å². The smallest absolute Gasteiger partial charge is 0.168 e. The van der Waals surface area contributed by atoms with Crippen molar-refractivity contribution in [2.75, 3.05) is 13.2 Å². The van der Waals surface area contributed by atoms with Crippen molar-refractivity contribution in [3.8, 4) is 5.75 Å². The molecule has 0 saturated heterocycles. The standard InChI is InChI=1S/C24H28N2O4/c1-2-3-14-30-19-10-8-17(9-11-19)23(27)12-13-25-22(24(28)29)15-18-16-26-21-7-5-4-6-20(18)21/h4-11,16,22,25-26H,2-3,12-15H2,1H3,(H,28,29). The molecule has 0 aliphatic rings. The van der Waals surface area contributed by atoms with Gasteiger partial charge in [0.1, 0.15) is 11.8 Å². The van der Waals surface area contributed by atoms with Gasteiger partial charge in [-0.05, 0) is 42.3 Å². The van der Waals surface area contributed by atoms with Crippen molar-refractivity contribution in [2.24, 2.45) is 0 Å². The van der Waals surface area contributed by atoms with E-state index in [1.807, 2.05) is 30.5 Å². The molecule has 0 fully saturated rings. The van der Waals surface area contributed by atoms with Crippen molar-refractivity contribution in [2.45, 2.75) is 38.6 Å². The van der Waals surface area contributed by atoms with Crippen LogP contribution >= 0.6 is 0 Å². The molecule has 0 aliphatic carbocycles. The average molecular weight is 408 g/mol. The molecule has 0 radical (unpaired) electrons. The van der Waals surface area contributed by atoms with Gasteiger partial charge in [0.05, 0.1) is 25.5 Å². The summed E-state index contributed by atoms with van der Waals surface area (Å²) in [5.74, 6) is -0.390. The van der Waals surface area contributed by atoms with E-state index < -0.39 is 12.0 Å². The Kier molecular flexibility index (Phi) is 7.63. The van der Waals surface area contributed by atoms with Gasteiger partial charge in [0.25, 0.3) is 0 Å². The number of aliphatic carboxylic acids is 1. The summed E-state index contributed by atoms with van der Waals surface area (Å²) in [5, 5.41) is 14.3. The molecule has 6 nitrogen and oxygen atoms in total. The first-order valence-electron chi connectivity index (χ1n) is 10.4. The van der Waals surface area contributed by atoms with E-state index in [0.29, 0.717) is 25.1 Å². The number of hydrogen-bond donors (Lipinski definition) is 2. The predicted octanol–water partition coefficient (Wildman–Crippen LogP) is 1.84. The number of ketones is 1. The van der Waals surface area contributed by atoms with E-state index in [4.69, 9.17) is 4.74 Å². The van der Waals surface area contributed by atoms with Gasteiger partial charge in [-0.3, -0.25) is 4.79 Å². The third kappa shape index (κ3) is 5.70. The summed E-state index contributed by atoms with van der Waals surface area (Å²) in [7, 11) is 0. The number of fused-ring (bicyclic) bond motifs is 1. The molecule has 158 valence electrons. The fraction of sp³-hybridized carbons (Fsp3) is 0.333. The van der Waals surface area contributed by atoms with Crippen molar-refractivity contribution in [1.29, 1.82) is 0 Å². The normalized spacial score (nSPS) is 12.0. The maximum absolute atomic E-state index is 12.4. The molecule has 1 atom stereocenters. The molecule has 1 unspecified atom stereocenters. The quantitative estimate of drug-likeness (QED) is 0.353. The van der Waals surface area contributed by atoms with Gasteiger partial charge in [-0.15, -0.1) is 0 Å². The van der Waals surface area contributed by atoms with E-state index >= 15 is 0 Å². The Balaban J connectivity index is 1.51. The highest BCUT2D eigenvalue weighted by Crippen LogP contribution is 2.18. The number of carboxylic acid groups (broad SMARTS) is 1. The van der Waals surface area contributed by atoms with Gasteiger partial charge in [-0.25, -0.2) is 0 Å². The fourth-order valence-electron chi connectivity index (χ4n) is 3.43. The predicted molar refractivity (Wildman–Crippen MR) is 113 cm³/mol. The molecule has 3 N–H and O–H groups in total. The zero-order valence-corrected chi connectivity index (χ0v) is 17.2. The summed E-state index contributed by atoms with van der Waals surface area (Å²) in [4.78, 5) is 27.2. The second-order valence-corrected chi connectivity index (χ2v) is 7.41. The SMILES string of the molecule is CCCCOc1ccc(C(=O)CC[NH2+]C(Cc2c[nH]c3ccccc23)C(=O)[O-])cc1. The van der Waals surface area contributed by atoms with Crippen LogP contribution in [-0.2, 0) is 11.2 Å². The van der Waals surface area contributed by atoms with Crippen molar-refractivity contribution in [1.82, 2.24) is 4.98 Å². The second-order valence-electron chi connectivity index (χ2n) is 7.41. The number of ether oxygens (including phenoxy) is 1. The third-order valence-corrected chi connectivity index (χ3v) is 5.18. The van der Waals surface area contributed by atoms with Crippen LogP contribution in [0.2, 0.25) is 0 Å². The number of aromatic nitrogens is 1. The number of Topliss-reactive ketones (excluding diaryl/α,β-unsaturated/α-hetero) is 1. The summed E-state index contributed by atoms with van der Waals surface area (Å²) < 4.78 is 5.61. The number of nitrogens with one attached hydrogen (secondary N) is 1. The van der Waals surface area contributed by atoms with Gasteiger partial charge in [0.2, 0.25) is 0 Å². The number of unbranched alkanes of at least 4 members (excludes halogenated alkanes) is 1. The molecule has 0 saturated carbocycles. The largest absolute Gasteiger partial charge is 0.544 e. The molecule has 1 heterocycles. The highest BCUT2D eigenvalue weighted by atomic mass is 16.5. The van der Waals surface area contributed by atoms with Crippen LogP contribution in [0.3, 0.4) is 0 Å². The van der Waals surface area contributed by atoms with Crippen LogP contribution in [0, 0.1) is 0 Å². The minimum atomic E-state index is -1.12. The van der Waals surface area contributed by atoms with Crippen molar-refractivity contribution in [3.05, 3.63) is 65.9 Å². The number of hydrogen-bond acceptors (Lipinski definition) is 4. The number of H-pyrrole nitrogens is 1. The summed E-state index contributed by atoms with van der Waals surface area (Å²) >= 11 is 0. The molecule has 3 rings (SSSR count). The molecule has 0 spiro atoms. The zero-order valence-electron chi connectivity index (χ0n) is 17.2. The molecule has 3 aromatic rings. The minimum Gasteiger partial charge on any atom is -0.544 e. The van der Waals surface area contributed by atoms with Gasteiger partial charge in [0.15, 0.2) is 5.78 Å². The van der Waals surface area contributed by atoms with Gasteiger partial charge in [-0.1, -0.05) is 31.5 Å². The van der Waals surface area contributed by atoms with E-state index in [1.54, 1.807) is 29.6 Å². The Morgan fingerprint density at radius 1 is 1.13 bits per heavy atom. The lowest BCUT2D eigenvalue weighted by Gasteiger charge is -2.16. The first-order chi connectivity index (χ1) is 14.6. The number of aromatic amines is 1. The molecule has 6 heteroatoms. The minimum absolute atomic E-state index is 0.0180. The highest BCUT2D eigenvalue weighted by molar-refractivity contribution is 5.96. The molecule has 30 heavy (non-hydrogen) atoms. The first-order valence-corrected chi connectivity index (χ1v) is 10.4. The number of rotatable bonds is 12. The Bertz CT molecular complexity index is 978. The molecule has 0 bridgehead atoms. The van der Waals surface area contributed by atoms with E-state index in [0.717, 1.165) is 35.1 Å². The van der Waals surface area contributed by atoms with Gasteiger partial charge in [-0.2, -0.15) is 0 Å². The molecule has 0 amide bonds. The number of quaternary nitrogens is 1. The highest BCUT2D eigenvalue weighted by Gasteiger charge is 2.17. The lowest BCUT2D eigenvalue weighted by atomic mass is 10.0. The number of para-hydroxylation sites is 1. The van der Waals surface area contributed by atoms with E-state index in [2.05, 4.69) is 11.9 Å². The van der Waals surface area contributed by atoms with Gasteiger partial charge >= 0.3 is 0 Å². The van der Waals surface area contributed by atoms with Crippen LogP contribution in [-0.4, -0.2) is 35.9 Å². The molecule has 1 aromatic heterocycles.